The molecule has 1 aromatic carbocycles. The Balaban J connectivity index is 1.55. The third-order valence-corrected chi connectivity index (χ3v) is 3.90. The summed E-state index contributed by atoms with van der Waals surface area (Å²) >= 11 is 0. The van der Waals surface area contributed by atoms with Crippen molar-refractivity contribution >= 4 is 17.3 Å². The number of hydrogen-bond acceptors (Lipinski definition) is 6. The SMILES string of the molecule is Cc1noc(CC(=O)Nc2ccc(N3CCN(C)CC3)cc2)n1. The molecule has 0 bridgehead atoms. The Bertz CT molecular complexity index is 659. The third-order valence-electron chi connectivity index (χ3n) is 3.90. The number of carbonyl (C=O) groups excluding carboxylic acids is 1. The van der Waals surface area contributed by atoms with Gasteiger partial charge >= 0.3 is 0 Å². The molecule has 1 aliphatic rings. The lowest BCUT2D eigenvalue weighted by atomic mass is 10.2. The normalized spacial score (nSPS) is 15.7. The fourth-order valence-corrected chi connectivity index (χ4v) is 2.57. The van der Waals surface area contributed by atoms with Crippen LogP contribution in [-0.4, -0.2) is 54.2 Å². The number of hydrogen-bond donors (Lipinski definition) is 1. The number of carbonyl (C=O) groups is 1. The van der Waals surface area contributed by atoms with Crippen molar-refractivity contribution in [3.63, 3.8) is 0 Å². The second-order valence-corrected chi connectivity index (χ2v) is 5.80. The number of benzene rings is 1. The first kappa shape index (κ1) is 15.5. The zero-order valence-electron chi connectivity index (χ0n) is 13.5. The van der Waals surface area contributed by atoms with Gasteiger partial charge in [0.25, 0.3) is 0 Å². The number of nitrogens with zero attached hydrogens (tertiary/aromatic N) is 4. The molecule has 7 heteroatoms. The number of amides is 1. The van der Waals surface area contributed by atoms with Crippen molar-refractivity contribution in [2.24, 2.45) is 0 Å². The summed E-state index contributed by atoms with van der Waals surface area (Å²) in [5.41, 5.74) is 1.95. The van der Waals surface area contributed by atoms with Gasteiger partial charge in [0, 0.05) is 37.6 Å². The molecule has 0 spiro atoms. The fraction of sp³-hybridized carbons (Fsp3) is 0.438. The molecule has 2 aromatic rings. The van der Waals surface area contributed by atoms with Gasteiger partial charge in [0.15, 0.2) is 5.82 Å². The van der Waals surface area contributed by atoms with Gasteiger partial charge in [0.1, 0.15) is 6.42 Å². The molecule has 1 fully saturated rings. The quantitative estimate of drug-likeness (QED) is 0.917. The Morgan fingerprint density at radius 3 is 2.52 bits per heavy atom. The standard InChI is InChI=1S/C16H21N5O2/c1-12-17-16(23-19-12)11-15(22)18-13-3-5-14(6-4-13)21-9-7-20(2)8-10-21/h3-6H,7-11H2,1-2H3,(H,18,22). The second-order valence-electron chi connectivity index (χ2n) is 5.80. The molecule has 0 saturated carbocycles. The molecule has 2 heterocycles. The van der Waals surface area contributed by atoms with Crippen molar-refractivity contribution in [1.82, 2.24) is 15.0 Å². The van der Waals surface area contributed by atoms with Crippen LogP contribution in [0.1, 0.15) is 11.7 Å². The largest absolute Gasteiger partial charge is 0.369 e. The molecule has 1 amide bonds. The first-order chi connectivity index (χ1) is 11.1. The van der Waals surface area contributed by atoms with Crippen molar-refractivity contribution < 1.29 is 9.32 Å². The van der Waals surface area contributed by atoms with Crippen LogP contribution in [0.25, 0.3) is 0 Å². The van der Waals surface area contributed by atoms with Gasteiger partial charge in [-0.1, -0.05) is 5.16 Å². The van der Waals surface area contributed by atoms with Gasteiger partial charge in [-0.05, 0) is 38.2 Å². The highest BCUT2D eigenvalue weighted by molar-refractivity contribution is 5.91. The monoisotopic (exact) mass is 315 g/mol. The molecule has 122 valence electrons. The summed E-state index contributed by atoms with van der Waals surface area (Å²) in [5, 5.41) is 6.51. The number of anilines is 2. The van der Waals surface area contributed by atoms with Crippen LogP contribution in [0.15, 0.2) is 28.8 Å². The highest BCUT2D eigenvalue weighted by Gasteiger charge is 2.14. The average Bonchev–Trinajstić information content (AvgIpc) is 2.94. The van der Waals surface area contributed by atoms with Crippen LogP contribution < -0.4 is 10.2 Å². The Labute approximate surface area is 135 Å². The molecule has 1 aliphatic heterocycles. The number of aromatic nitrogens is 2. The van der Waals surface area contributed by atoms with E-state index >= 15 is 0 Å². The van der Waals surface area contributed by atoms with Gasteiger partial charge in [-0.25, -0.2) is 0 Å². The van der Waals surface area contributed by atoms with E-state index in [1.165, 1.54) is 5.69 Å². The molecule has 0 aliphatic carbocycles. The Hall–Kier alpha value is -2.41. The Morgan fingerprint density at radius 1 is 1.22 bits per heavy atom. The maximum Gasteiger partial charge on any atom is 0.236 e. The lowest BCUT2D eigenvalue weighted by Crippen LogP contribution is -2.44. The van der Waals surface area contributed by atoms with Crippen LogP contribution in [0.2, 0.25) is 0 Å². The number of piperazine rings is 1. The van der Waals surface area contributed by atoms with Gasteiger partial charge in [0.2, 0.25) is 11.8 Å². The van der Waals surface area contributed by atoms with Crippen LogP contribution in [0.3, 0.4) is 0 Å². The summed E-state index contributed by atoms with van der Waals surface area (Å²) in [4.78, 5) is 20.7. The van der Waals surface area contributed by atoms with E-state index in [9.17, 15) is 4.79 Å². The van der Waals surface area contributed by atoms with Crippen molar-refractivity contribution in [3.8, 4) is 0 Å². The van der Waals surface area contributed by atoms with Crippen molar-refractivity contribution in [1.29, 1.82) is 0 Å². The smallest absolute Gasteiger partial charge is 0.236 e. The van der Waals surface area contributed by atoms with Gasteiger partial charge in [-0.3, -0.25) is 4.79 Å². The molecule has 0 atom stereocenters. The van der Waals surface area contributed by atoms with Crippen molar-refractivity contribution in [3.05, 3.63) is 36.0 Å². The predicted octanol–water partition coefficient (Wildman–Crippen LogP) is 1.31. The summed E-state index contributed by atoms with van der Waals surface area (Å²) in [7, 11) is 2.14. The maximum absolute atomic E-state index is 12.0. The molecule has 1 aromatic heterocycles. The molecule has 3 rings (SSSR count). The Kier molecular flexibility index (Phi) is 4.57. The van der Waals surface area contributed by atoms with E-state index in [2.05, 4.69) is 32.3 Å². The van der Waals surface area contributed by atoms with E-state index in [0.29, 0.717) is 11.7 Å². The summed E-state index contributed by atoms with van der Waals surface area (Å²) in [5.74, 6) is 0.694. The van der Waals surface area contributed by atoms with Crippen molar-refractivity contribution in [2.75, 3.05) is 43.4 Å². The molecule has 0 unspecified atom stereocenters. The van der Waals surface area contributed by atoms with Crippen LogP contribution in [0.4, 0.5) is 11.4 Å². The van der Waals surface area contributed by atoms with E-state index in [-0.39, 0.29) is 12.3 Å². The van der Waals surface area contributed by atoms with E-state index < -0.39 is 0 Å². The number of rotatable bonds is 4. The van der Waals surface area contributed by atoms with Gasteiger partial charge in [-0.2, -0.15) is 4.98 Å². The lowest BCUT2D eigenvalue weighted by Gasteiger charge is -2.34. The topological polar surface area (TPSA) is 74.5 Å². The lowest BCUT2D eigenvalue weighted by molar-refractivity contribution is -0.115. The average molecular weight is 315 g/mol. The first-order valence-corrected chi connectivity index (χ1v) is 7.73. The van der Waals surface area contributed by atoms with E-state index in [4.69, 9.17) is 4.52 Å². The Morgan fingerprint density at radius 2 is 1.91 bits per heavy atom. The summed E-state index contributed by atoms with van der Waals surface area (Å²) in [6.45, 7) is 5.92. The summed E-state index contributed by atoms with van der Waals surface area (Å²) < 4.78 is 4.95. The molecule has 0 radical (unpaired) electrons. The van der Waals surface area contributed by atoms with Gasteiger partial charge in [0.05, 0.1) is 0 Å². The van der Waals surface area contributed by atoms with Gasteiger partial charge < -0.3 is 19.6 Å². The minimum atomic E-state index is -0.166. The van der Waals surface area contributed by atoms with Crippen LogP contribution in [-0.2, 0) is 11.2 Å². The van der Waals surface area contributed by atoms with Crippen molar-refractivity contribution in [2.45, 2.75) is 13.3 Å². The fourth-order valence-electron chi connectivity index (χ4n) is 2.57. The second kappa shape index (κ2) is 6.78. The molecular weight excluding hydrogens is 294 g/mol. The number of nitrogens with one attached hydrogen (secondary N) is 1. The maximum atomic E-state index is 12.0. The van der Waals surface area contributed by atoms with Crippen LogP contribution in [0.5, 0.6) is 0 Å². The number of aryl methyl sites for hydroxylation is 1. The van der Waals surface area contributed by atoms with Crippen LogP contribution >= 0.6 is 0 Å². The summed E-state index contributed by atoms with van der Waals surface area (Å²) in [6, 6.07) is 7.92. The minimum Gasteiger partial charge on any atom is -0.369 e. The highest BCUT2D eigenvalue weighted by Crippen LogP contribution is 2.19. The molecule has 7 nitrogen and oxygen atoms in total. The first-order valence-electron chi connectivity index (χ1n) is 7.73. The molecular formula is C16H21N5O2. The zero-order chi connectivity index (χ0) is 16.2. The predicted molar refractivity (Wildman–Crippen MR) is 87.5 cm³/mol. The highest BCUT2D eigenvalue weighted by atomic mass is 16.5. The van der Waals surface area contributed by atoms with E-state index in [1.54, 1.807) is 6.92 Å². The zero-order valence-corrected chi connectivity index (χ0v) is 13.5. The van der Waals surface area contributed by atoms with E-state index in [1.807, 2.05) is 24.3 Å². The van der Waals surface area contributed by atoms with E-state index in [0.717, 1.165) is 31.9 Å². The molecule has 1 saturated heterocycles. The molecule has 1 N–H and O–H groups in total. The van der Waals surface area contributed by atoms with Crippen LogP contribution in [0, 0.1) is 6.92 Å². The summed E-state index contributed by atoms with van der Waals surface area (Å²) in [6.07, 6.45) is 0.0844. The molecule has 23 heavy (non-hydrogen) atoms. The number of likely N-dealkylation sites (N-methyl/N-ethyl adjacent to an activating group) is 1. The third kappa shape index (κ3) is 4.07. The minimum absolute atomic E-state index is 0.0844. The van der Waals surface area contributed by atoms with Gasteiger partial charge in [-0.15, -0.1) is 0 Å².